The minimum Gasteiger partial charge on any atom is -0.454 e. The van der Waals surface area contributed by atoms with Gasteiger partial charge in [-0.15, -0.1) is 0 Å². The average Bonchev–Trinajstić information content (AvgIpc) is 3.33. The summed E-state index contributed by atoms with van der Waals surface area (Å²) in [6, 6.07) is 21.1. The average molecular weight is 458 g/mol. The molecule has 34 heavy (non-hydrogen) atoms. The molecule has 9 heteroatoms. The van der Waals surface area contributed by atoms with E-state index in [1.165, 1.54) is 9.80 Å². The molecule has 0 spiro atoms. The van der Waals surface area contributed by atoms with Gasteiger partial charge in [0.15, 0.2) is 11.5 Å². The first-order valence-corrected chi connectivity index (χ1v) is 10.8. The molecular weight excluding hydrogens is 436 g/mol. The van der Waals surface area contributed by atoms with Crippen LogP contribution in [-0.2, 0) is 16.1 Å². The number of ether oxygens (including phenoxy) is 2. The lowest BCUT2D eigenvalue weighted by Gasteiger charge is -2.35. The summed E-state index contributed by atoms with van der Waals surface area (Å²) < 4.78 is 10.7. The first-order valence-electron chi connectivity index (χ1n) is 10.8. The van der Waals surface area contributed by atoms with Crippen molar-refractivity contribution in [2.24, 2.45) is 0 Å². The third-order valence-electron chi connectivity index (χ3n) is 5.56. The predicted molar refractivity (Wildman–Crippen MR) is 126 cm³/mol. The summed E-state index contributed by atoms with van der Waals surface area (Å²) in [6.07, 6.45) is 0. The molecule has 0 saturated heterocycles. The van der Waals surface area contributed by atoms with Crippen LogP contribution in [0.5, 0.6) is 11.5 Å². The molecule has 3 aromatic carbocycles. The highest BCUT2D eigenvalue weighted by molar-refractivity contribution is 6.15. The molecule has 0 aromatic heterocycles. The predicted octanol–water partition coefficient (Wildman–Crippen LogP) is 3.12. The number of anilines is 3. The lowest BCUT2D eigenvalue weighted by molar-refractivity contribution is -0.123. The minimum atomic E-state index is -0.418. The van der Waals surface area contributed by atoms with E-state index in [2.05, 4.69) is 10.6 Å². The van der Waals surface area contributed by atoms with Gasteiger partial charge in [0.05, 0.1) is 11.4 Å². The van der Waals surface area contributed by atoms with E-state index in [4.69, 9.17) is 9.47 Å². The number of amides is 4. The second kappa shape index (κ2) is 9.14. The number of carbonyl (C=O) groups is 3. The van der Waals surface area contributed by atoms with Gasteiger partial charge in [0.25, 0.3) is 0 Å². The summed E-state index contributed by atoms with van der Waals surface area (Å²) in [6.45, 7) is 0.131. The molecule has 4 amide bonds. The Balaban J connectivity index is 1.27. The van der Waals surface area contributed by atoms with Crippen molar-refractivity contribution in [1.29, 1.82) is 0 Å². The summed E-state index contributed by atoms with van der Waals surface area (Å²) in [7, 11) is 0. The molecular formula is C25H22N4O5. The molecule has 172 valence electrons. The third kappa shape index (κ3) is 4.36. The van der Waals surface area contributed by atoms with Crippen LogP contribution < -0.4 is 29.9 Å². The number of hydrogen-bond donors (Lipinski definition) is 2. The molecule has 2 heterocycles. The van der Waals surface area contributed by atoms with E-state index in [1.54, 1.807) is 42.5 Å². The van der Waals surface area contributed by atoms with Gasteiger partial charge in [0.1, 0.15) is 13.1 Å². The van der Waals surface area contributed by atoms with Gasteiger partial charge in [-0.05, 0) is 42.0 Å². The molecule has 0 aliphatic carbocycles. The van der Waals surface area contributed by atoms with Crippen LogP contribution in [0.25, 0.3) is 0 Å². The molecule has 2 aliphatic rings. The molecule has 0 fully saturated rings. The molecule has 0 unspecified atom stereocenters. The molecule has 0 radical (unpaired) electrons. The number of para-hydroxylation sites is 3. The zero-order chi connectivity index (χ0) is 23.5. The highest BCUT2D eigenvalue weighted by Gasteiger charge is 2.33. The van der Waals surface area contributed by atoms with E-state index >= 15 is 0 Å². The Hall–Kier alpha value is -4.53. The Bertz CT molecular complexity index is 1250. The lowest BCUT2D eigenvalue weighted by Crippen LogP contribution is -2.51. The van der Waals surface area contributed by atoms with Gasteiger partial charge in [-0.25, -0.2) is 4.79 Å². The molecule has 0 bridgehead atoms. The SMILES string of the molecule is O=C(CN1C(=O)CN(C(=O)Nc2ccccc2)c2ccccc21)NCc1ccc2c(c1)OCO2. The van der Waals surface area contributed by atoms with Crippen LogP contribution in [0.15, 0.2) is 72.8 Å². The minimum absolute atomic E-state index is 0.158. The fourth-order valence-corrected chi connectivity index (χ4v) is 3.88. The van der Waals surface area contributed by atoms with Crippen LogP contribution in [0.3, 0.4) is 0 Å². The van der Waals surface area contributed by atoms with Crippen molar-refractivity contribution in [3.8, 4) is 11.5 Å². The Morgan fingerprint density at radius 2 is 1.62 bits per heavy atom. The Morgan fingerprint density at radius 3 is 2.44 bits per heavy atom. The van der Waals surface area contributed by atoms with E-state index in [-0.39, 0.29) is 38.2 Å². The first kappa shape index (κ1) is 21.3. The summed E-state index contributed by atoms with van der Waals surface area (Å²) in [5, 5.41) is 5.64. The zero-order valence-electron chi connectivity index (χ0n) is 18.2. The van der Waals surface area contributed by atoms with E-state index in [0.29, 0.717) is 28.6 Å². The van der Waals surface area contributed by atoms with Crippen molar-refractivity contribution in [2.45, 2.75) is 6.54 Å². The quantitative estimate of drug-likeness (QED) is 0.612. The Labute approximate surface area is 195 Å². The molecule has 3 aromatic rings. The normalized spacial score (nSPS) is 13.9. The van der Waals surface area contributed by atoms with Crippen LogP contribution in [0.4, 0.5) is 21.9 Å². The largest absolute Gasteiger partial charge is 0.454 e. The number of rotatable bonds is 5. The summed E-state index contributed by atoms with van der Waals surface area (Å²) in [5.41, 5.74) is 2.54. The Kier molecular flexibility index (Phi) is 5.73. The van der Waals surface area contributed by atoms with Gasteiger partial charge < -0.3 is 20.1 Å². The second-order valence-corrected chi connectivity index (χ2v) is 7.82. The molecule has 0 saturated carbocycles. The van der Waals surface area contributed by atoms with Crippen LogP contribution in [0, 0.1) is 0 Å². The fourth-order valence-electron chi connectivity index (χ4n) is 3.88. The highest BCUT2D eigenvalue weighted by atomic mass is 16.7. The molecule has 9 nitrogen and oxygen atoms in total. The van der Waals surface area contributed by atoms with E-state index < -0.39 is 6.03 Å². The van der Waals surface area contributed by atoms with E-state index in [9.17, 15) is 14.4 Å². The second-order valence-electron chi connectivity index (χ2n) is 7.82. The van der Waals surface area contributed by atoms with Gasteiger partial charge in [-0.3, -0.25) is 19.4 Å². The van der Waals surface area contributed by atoms with Crippen molar-refractivity contribution in [1.82, 2.24) is 5.32 Å². The number of hydrogen-bond acceptors (Lipinski definition) is 5. The van der Waals surface area contributed by atoms with Gasteiger partial charge >= 0.3 is 6.03 Å². The monoisotopic (exact) mass is 458 g/mol. The van der Waals surface area contributed by atoms with Crippen molar-refractivity contribution >= 4 is 34.9 Å². The maximum absolute atomic E-state index is 13.0. The highest BCUT2D eigenvalue weighted by Crippen LogP contribution is 2.34. The maximum atomic E-state index is 13.0. The first-order chi connectivity index (χ1) is 16.6. The van der Waals surface area contributed by atoms with E-state index in [0.717, 1.165) is 5.56 Å². The number of nitrogens with zero attached hydrogens (tertiary/aromatic N) is 2. The summed E-state index contributed by atoms with van der Waals surface area (Å²) in [4.78, 5) is 41.3. The van der Waals surface area contributed by atoms with Gasteiger partial charge in [0.2, 0.25) is 18.6 Å². The van der Waals surface area contributed by atoms with Crippen molar-refractivity contribution in [3.63, 3.8) is 0 Å². The maximum Gasteiger partial charge on any atom is 0.326 e. The van der Waals surface area contributed by atoms with Gasteiger partial charge in [-0.1, -0.05) is 36.4 Å². The van der Waals surface area contributed by atoms with Gasteiger partial charge in [0, 0.05) is 12.2 Å². The molecule has 0 atom stereocenters. The number of nitrogens with one attached hydrogen (secondary N) is 2. The van der Waals surface area contributed by atoms with Crippen LogP contribution in [0.2, 0.25) is 0 Å². The summed E-state index contributed by atoms with van der Waals surface area (Å²) >= 11 is 0. The zero-order valence-corrected chi connectivity index (χ0v) is 18.2. The van der Waals surface area contributed by atoms with Crippen LogP contribution in [0.1, 0.15) is 5.56 Å². The number of benzene rings is 3. The van der Waals surface area contributed by atoms with Crippen LogP contribution in [-0.4, -0.2) is 37.7 Å². The smallest absolute Gasteiger partial charge is 0.326 e. The van der Waals surface area contributed by atoms with Crippen molar-refractivity contribution < 1.29 is 23.9 Å². The number of fused-ring (bicyclic) bond motifs is 2. The standard InChI is InChI=1S/C25H22N4O5/c30-23(26-13-17-10-11-21-22(12-17)34-16-33-21)14-28-19-8-4-5-9-20(19)29(15-24(28)31)25(32)27-18-6-2-1-3-7-18/h1-12H,13-16H2,(H,26,30)(H,27,32). The Morgan fingerprint density at radius 1 is 0.882 bits per heavy atom. The van der Waals surface area contributed by atoms with Gasteiger partial charge in [-0.2, -0.15) is 0 Å². The third-order valence-corrected chi connectivity index (χ3v) is 5.56. The lowest BCUT2D eigenvalue weighted by atomic mass is 10.1. The topological polar surface area (TPSA) is 100 Å². The van der Waals surface area contributed by atoms with Crippen LogP contribution >= 0.6 is 0 Å². The number of urea groups is 1. The summed E-state index contributed by atoms with van der Waals surface area (Å²) in [5.74, 6) is 0.648. The van der Waals surface area contributed by atoms with Crippen molar-refractivity contribution in [3.05, 3.63) is 78.4 Å². The molecule has 5 rings (SSSR count). The van der Waals surface area contributed by atoms with Crippen molar-refractivity contribution in [2.75, 3.05) is 35.0 Å². The number of carbonyl (C=O) groups excluding carboxylic acids is 3. The molecule has 2 aliphatic heterocycles. The van der Waals surface area contributed by atoms with E-state index in [1.807, 2.05) is 30.3 Å². The fraction of sp³-hybridized carbons (Fsp3) is 0.160. The molecule has 2 N–H and O–H groups in total.